The number of carbonyl (C=O) groups is 3. The molecule has 1 aliphatic heterocycles. The first-order chi connectivity index (χ1) is 12.9. The quantitative estimate of drug-likeness (QED) is 0.832. The number of nitrogens with zero attached hydrogens (tertiary/aromatic N) is 1. The van der Waals surface area contributed by atoms with Crippen molar-refractivity contribution in [2.45, 2.75) is 52.0 Å². The SMILES string of the molecule is CC(CNC(=O)C1CCCCC1C(=O)N1c2ccccc2CC1C)C(=O)O. The second-order valence-electron chi connectivity index (χ2n) is 7.87. The van der Waals surface area contributed by atoms with Crippen molar-refractivity contribution in [3.8, 4) is 0 Å². The summed E-state index contributed by atoms with van der Waals surface area (Å²) in [6.45, 7) is 3.70. The van der Waals surface area contributed by atoms with Crippen LogP contribution in [0, 0.1) is 17.8 Å². The molecule has 1 aromatic rings. The lowest BCUT2D eigenvalue weighted by Crippen LogP contribution is -2.48. The second-order valence-corrected chi connectivity index (χ2v) is 7.87. The van der Waals surface area contributed by atoms with Gasteiger partial charge in [0.2, 0.25) is 11.8 Å². The van der Waals surface area contributed by atoms with Crippen molar-refractivity contribution in [2.24, 2.45) is 17.8 Å². The predicted octanol–water partition coefficient (Wildman–Crippen LogP) is 2.61. The van der Waals surface area contributed by atoms with E-state index >= 15 is 0 Å². The molecular weight excluding hydrogens is 344 g/mol. The smallest absolute Gasteiger partial charge is 0.308 e. The fraction of sp³-hybridized carbons (Fsp3) is 0.571. The maximum Gasteiger partial charge on any atom is 0.308 e. The summed E-state index contributed by atoms with van der Waals surface area (Å²) in [5, 5.41) is 11.7. The number of amides is 2. The van der Waals surface area contributed by atoms with Crippen LogP contribution < -0.4 is 10.2 Å². The molecule has 0 aromatic heterocycles. The number of nitrogens with one attached hydrogen (secondary N) is 1. The molecule has 1 aliphatic carbocycles. The number of fused-ring (bicyclic) bond motifs is 1. The average Bonchev–Trinajstić information content (AvgIpc) is 3.00. The number of rotatable bonds is 5. The normalized spacial score (nSPS) is 25.6. The molecule has 3 rings (SSSR count). The standard InChI is InChI=1S/C21H28N2O4/c1-13(21(26)27)12-22-19(24)16-8-4-5-9-17(16)20(25)23-14(2)11-15-7-3-6-10-18(15)23/h3,6-7,10,13-14,16-17H,4-5,8-9,11-12H2,1-2H3,(H,22,24)(H,26,27). The number of carboxylic acid groups (broad SMARTS) is 1. The van der Waals surface area contributed by atoms with Crippen LogP contribution in [0.4, 0.5) is 5.69 Å². The molecule has 4 atom stereocenters. The lowest BCUT2D eigenvalue weighted by molar-refractivity contribution is -0.141. The zero-order valence-electron chi connectivity index (χ0n) is 16.0. The fourth-order valence-electron chi connectivity index (χ4n) is 4.29. The predicted molar refractivity (Wildman–Crippen MR) is 102 cm³/mol. The van der Waals surface area contributed by atoms with Crippen molar-refractivity contribution >= 4 is 23.5 Å². The van der Waals surface area contributed by atoms with Crippen LogP contribution in [0.25, 0.3) is 0 Å². The first-order valence-corrected chi connectivity index (χ1v) is 9.81. The van der Waals surface area contributed by atoms with E-state index in [1.165, 1.54) is 5.56 Å². The van der Waals surface area contributed by atoms with Crippen LogP contribution in [-0.4, -0.2) is 35.5 Å². The Kier molecular flexibility index (Phi) is 5.82. The van der Waals surface area contributed by atoms with Crippen molar-refractivity contribution in [1.82, 2.24) is 5.32 Å². The van der Waals surface area contributed by atoms with Crippen molar-refractivity contribution in [3.63, 3.8) is 0 Å². The average molecular weight is 372 g/mol. The molecule has 0 bridgehead atoms. The number of hydrogen-bond acceptors (Lipinski definition) is 3. The largest absolute Gasteiger partial charge is 0.481 e. The summed E-state index contributed by atoms with van der Waals surface area (Å²) in [5.41, 5.74) is 2.13. The van der Waals surface area contributed by atoms with Gasteiger partial charge in [-0.1, -0.05) is 38.0 Å². The first-order valence-electron chi connectivity index (χ1n) is 9.81. The minimum Gasteiger partial charge on any atom is -0.481 e. The van der Waals surface area contributed by atoms with Gasteiger partial charge in [0, 0.05) is 24.2 Å². The minimum absolute atomic E-state index is 0.0265. The molecule has 146 valence electrons. The molecule has 4 unspecified atom stereocenters. The molecule has 2 amide bonds. The zero-order valence-corrected chi connectivity index (χ0v) is 16.0. The van der Waals surface area contributed by atoms with Gasteiger partial charge < -0.3 is 15.3 Å². The molecular formula is C21H28N2O4. The third kappa shape index (κ3) is 3.99. The number of benzene rings is 1. The highest BCUT2D eigenvalue weighted by atomic mass is 16.4. The number of carboxylic acids is 1. The molecule has 2 N–H and O–H groups in total. The van der Waals surface area contributed by atoms with E-state index in [0.29, 0.717) is 12.8 Å². The summed E-state index contributed by atoms with van der Waals surface area (Å²) in [6, 6.07) is 8.04. The fourth-order valence-corrected chi connectivity index (χ4v) is 4.29. The number of hydrogen-bond donors (Lipinski definition) is 2. The van der Waals surface area contributed by atoms with Gasteiger partial charge in [0.15, 0.2) is 0 Å². The van der Waals surface area contributed by atoms with Crippen LogP contribution in [0.5, 0.6) is 0 Å². The Morgan fingerprint density at radius 3 is 2.56 bits per heavy atom. The molecule has 27 heavy (non-hydrogen) atoms. The molecule has 0 radical (unpaired) electrons. The van der Waals surface area contributed by atoms with E-state index in [4.69, 9.17) is 5.11 Å². The lowest BCUT2D eigenvalue weighted by Gasteiger charge is -2.34. The van der Waals surface area contributed by atoms with Gasteiger partial charge in [-0.05, 0) is 37.8 Å². The van der Waals surface area contributed by atoms with Crippen LogP contribution in [0.3, 0.4) is 0 Å². The Hall–Kier alpha value is -2.37. The van der Waals surface area contributed by atoms with Crippen LogP contribution >= 0.6 is 0 Å². The van der Waals surface area contributed by atoms with E-state index in [0.717, 1.165) is 24.9 Å². The Balaban J connectivity index is 1.74. The molecule has 6 nitrogen and oxygen atoms in total. The van der Waals surface area contributed by atoms with E-state index in [-0.39, 0.29) is 36.2 Å². The molecule has 0 saturated heterocycles. The molecule has 6 heteroatoms. The maximum absolute atomic E-state index is 13.4. The van der Waals surface area contributed by atoms with Crippen molar-refractivity contribution < 1.29 is 19.5 Å². The zero-order chi connectivity index (χ0) is 19.6. The van der Waals surface area contributed by atoms with Crippen LogP contribution in [0.2, 0.25) is 0 Å². The summed E-state index contributed by atoms with van der Waals surface area (Å²) in [7, 11) is 0. The number of para-hydroxylation sites is 1. The number of aliphatic carboxylic acids is 1. The molecule has 1 heterocycles. The van der Waals surface area contributed by atoms with Gasteiger partial charge in [0.25, 0.3) is 0 Å². The van der Waals surface area contributed by atoms with Gasteiger partial charge >= 0.3 is 5.97 Å². The highest BCUT2D eigenvalue weighted by molar-refractivity contribution is 6.00. The molecule has 1 fully saturated rings. The number of carbonyl (C=O) groups excluding carboxylic acids is 2. The van der Waals surface area contributed by atoms with Gasteiger partial charge in [-0.3, -0.25) is 14.4 Å². The Morgan fingerprint density at radius 2 is 1.85 bits per heavy atom. The van der Waals surface area contributed by atoms with E-state index in [2.05, 4.69) is 11.4 Å². The van der Waals surface area contributed by atoms with Gasteiger partial charge in [0.1, 0.15) is 0 Å². The molecule has 2 aliphatic rings. The molecule has 1 aromatic carbocycles. The Morgan fingerprint density at radius 1 is 1.19 bits per heavy atom. The topological polar surface area (TPSA) is 86.7 Å². The van der Waals surface area contributed by atoms with E-state index in [1.807, 2.05) is 30.0 Å². The summed E-state index contributed by atoms with van der Waals surface area (Å²) in [6.07, 6.45) is 4.07. The van der Waals surface area contributed by atoms with E-state index in [9.17, 15) is 14.4 Å². The monoisotopic (exact) mass is 372 g/mol. The van der Waals surface area contributed by atoms with Gasteiger partial charge in [-0.25, -0.2) is 0 Å². The van der Waals surface area contributed by atoms with Crippen LogP contribution in [-0.2, 0) is 20.8 Å². The summed E-state index contributed by atoms with van der Waals surface area (Å²) in [5.74, 6) is -2.47. The second kappa shape index (κ2) is 8.11. The third-order valence-electron chi connectivity index (χ3n) is 5.87. The van der Waals surface area contributed by atoms with Crippen LogP contribution in [0.15, 0.2) is 24.3 Å². The Labute approximate surface area is 159 Å². The van der Waals surface area contributed by atoms with E-state index in [1.54, 1.807) is 6.92 Å². The van der Waals surface area contributed by atoms with E-state index < -0.39 is 11.9 Å². The number of anilines is 1. The minimum atomic E-state index is -0.936. The van der Waals surface area contributed by atoms with Crippen LogP contribution in [0.1, 0.15) is 45.1 Å². The van der Waals surface area contributed by atoms with Crippen molar-refractivity contribution in [3.05, 3.63) is 29.8 Å². The molecule has 1 saturated carbocycles. The lowest BCUT2D eigenvalue weighted by atomic mass is 9.77. The van der Waals surface area contributed by atoms with Crippen molar-refractivity contribution in [1.29, 1.82) is 0 Å². The third-order valence-corrected chi connectivity index (χ3v) is 5.87. The first kappa shape index (κ1) is 19.4. The van der Waals surface area contributed by atoms with Crippen molar-refractivity contribution in [2.75, 3.05) is 11.4 Å². The van der Waals surface area contributed by atoms with Gasteiger partial charge in [-0.2, -0.15) is 0 Å². The van der Waals surface area contributed by atoms with Gasteiger partial charge in [-0.15, -0.1) is 0 Å². The summed E-state index contributed by atoms with van der Waals surface area (Å²) >= 11 is 0. The molecule has 0 spiro atoms. The maximum atomic E-state index is 13.4. The van der Waals surface area contributed by atoms with Gasteiger partial charge in [0.05, 0.1) is 11.8 Å². The summed E-state index contributed by atoms with van der Waals surface area (Å²) < 4.78 is 0. The highest BCUT2D eigenvalue weighted by Gasteiger charge is 2.41. The highest BCUT2D eigenvalue weighted by Crippen LogP contribution is 2.38. The Bertz CT molecular complexity index is 733. The summed E-state index contributed by atoms with van der Waals surface area (Å²) in [4.78, 5) is 38.9.